The summed E-state index contributed by atoms with van der Waals surface area (Å²) >= 11 is 0. The first-order chi connectivity index (χ1) is 7.26. The van der Waals surface area contributed by atoms with Gasteiger partial charge in [-0.25, -0.2) is 0 Å². The molecule has 0 atom stereocenters. The summed E-state index contributed by atoms with van der Waals surface area (Å²) in [7, 11) is 0. The van der Waals surface area contributed by atoms with Crippen LogP contribution >= 0.6 is 0 Å². The van der Waals surface area contributed by atoms with Gasteiger partial charge in [-0.1, -0.05) is 12.1 Å². The van der Waals surface area contributed by atoms with E-state index in [2.05, 4.69) is 0 Å². The molecule has 78 valence electrons. The standard InChI is InChI=1S/C11H12N2O2/c12-6-5-11(14)15-8-10-3-1-9(7-13)2-4-10/h1-4H,5-6,8,12H2. The molecule has 1 aromatic rings. The molecule has 0 saturated heterocycles. The number of carbonyl (C=O) groups is 1. The van der Waals surface area contributed by atoms with Crippen LogP contribution in [0.15, 0.2) is 24.3 Å². The van der Waals surface area contributed by atoms with Gasteiger partial charge in [0, 0.05) is 6.54 Å². The van der Waals surface area contributed by atoms with Gasteiger partial charge in [-0.15, -0.1) is 0 Å². The van der Waals surface area contributed by atoms with Crippen molar-refractivity contribution in [2.24, 2.45) is 5.73 Å². The van der Waals surface area contributed by atoms with Crippen LogP contribution in [0, 0.1) is 11.3 Å². The summed E-state index contributed by atoms with van der Waals surface area (Å²) < 4.78 is 4.94. The third-order valence-electron chi connectivity index (χ3n) is 1.83. The number of hydrogen-bond acceptors (Lipinski definition) is 4. The first-order valence-corrected chi connectivity index (χ1v) is 4.61. The van der Waals surface area contributed by atoms with Crippen LogP contribution in [0.1, 0.15) is 17.5 Å². The van der Waals surface area contributed by atoms with E-state index in [1.54, 1.807) is 24.3 Å². The van der Waals surface area contributed by atoms with Gasteiger partial charge >= 0.3 is 5.97 Å². The Kier molecular flexibility index (Phi) is 4.32. The van der Waals surface area contributed by atoms with E-state index < -0.39 is 0 Å². The van der Waals surface area contributed by atoms with Crippen molar-refractivity contribution < 1.29 is 9.53 Å². The molecular formula is C11H12N2O2. The van der Waals surface area contributed by atoms with E-state index in [1.165, 1.54) is 0 Å². The molecule has 15 heavy (non-hydrogen) atoms. The number of benzene rings is 1. The second-order valence-corrected chi connectivity index (χ2v) is 3.01. The largest absolute Gasteiger partial charge is 0.461 e. The monoisotopic (exact) mass is 204 g/mol. The lowest BCUT2D eigenvalue weighted by molar-refractivity contribution is -0.144. The molecule has 0 saturated carbocycles. The molecule has 0 radical (unpaired) electrons. The maximum Gasteiger partial charge on any atom is 0.307 e. The fraction of sp³-hybridized carbons (Fsp3) is 0.273. The average molecular weight is 204 g/mol. The van der Waals surface area contributed by atoms with Crippen LogP contribution in [-0.4, -0.2) is 12.5 Å². The van der Waals surface area contributed by atoms with E-state index in [4.69, 9.17) is 15.7 Å². The van der Waals surface area contributed by atoms with Crippen molar-refractivity contribution in [2.45, 2.75) is 13.0 Å². The normalized spacial score (nSPS) is 9.33. The van der Waals surface area contributed by atoms with Gasteiger partial charge in [0.1, 0.15) is 6.61 Å². The van der Waals surface area contributed by atoms with Crippen molar-refractivity contribution in [1.82, 2.24) is 0 Å². The minimum Gasteiger partial charge on any atom is -0.461 e. The van der Waals surface area contributed by atoms with E-state index in [9.17, 15) is 4.79 Å². The highest BCUT2D eigenvalue weighted by Crippen LogP contribution is 2.05. The smallest absolute Gasteiger partial charge is 0.307 e. The van der Waals surface area contributed by atoms with Crippen molar-refractivity contribution in [3.05, 3.63) is 35.4 Å². The number of nitrogens with zero attached hydrogens (tertiary/aromatic N) is 1. The molecule has 1 rings (SSSR count). The topological polar surface area (TPSA) is 76.1 Å². The van der Waals surface area contributed by atoms with Gasteiger partial charge < -0.3 is 10.5 Å². The van der Waals surface area contributed by atoms with E-state index in [0.717, 1.165) is 5.56 Å². The molecule has 0 amide bonds. The van der Waals surface area contributed by atoms with Crippen LogP contribution < -0.4 is 5.73 Å². The molecule has 0 aliphatic heterocycles. The van der Waals surface area contributed by atoms with E-state index in [1.807, 2.05) is 6.07 Å². The Labute approximate surface area is 88.3 Å². The molecule has 1 aromatic carbocycles. The van der Waals surface area contributed by atoms with E-state index >= 15 is 0 Å². The molecule has 4 nitrogen and oxygen atoms in total. The Hall–Kier alpha value is -1.86. The molecule has 0 aromatic heterocycles. The summed E-state index contributed by atoms with van der Waals surface area (Å²) in [4.78, 5) is 11.0. The third-order valence-corrected chi connectivity index (χ3v) is 1.83. The Balaban J connectivity index is 2.45. The second-order valence-electron chi connectivity index (χ2n) is 3.01. The molecule has 0 fully saturated rings. The predicted molar refractivity (Wildman–Crippen MR) is 54.6 cm³/mol. The Morgan fingerprint density at radius 3 is 2.60 bits per heavy atom. The van der Waals surface area contributed by atoms with Gasteiger partial charge in [0.05, 0.1) is 18.1 Å². The summed E-state index contributed by atoms with van der Waals surface area (Å²) in [5.74, 6) is -0.304. The lowest BCUT2D eigenvalue weighted by atomic mass is 10.2. The quantitative estimate of drug-likeness (QED) is 0.741. The van der Waals surface area contributed by atoms with Crippen LogP contribution in [0.25, 0.3) is 0 Å². The second kappa shape index (κ2) is 5.78. The van der Waals surface area contributed by atoms with Crippen LogP contribution in [0.4, 0.5) is 0 Å². The lowest BCUT2D eigenvalue weighted by Gasteiger charge is -2.03. The van der Waals surface area contributed by atoms with Crippen molar-refractivity contribution in [1.29, 1.82) is 5.26 Å². The summed E-state index contributed by atoms with van der Waals surface area (Å²) in [6, 6.07) is 8.90. The molecule has 0 heterocycles. The minimum absolute atomic E-state index is 0.227. The number of carbonyl (C=O) groups excluding carboxylic acids is 1. The SMILES string of the molecule is N#Cc1ccc(COC(=O)CCN)cc1. The first-order valence-electron chi connectivity index (χ1n) is 4.61. The fourth-order valence-corrected chi connectivity index (χ4v) is 1.03. The zero-order valence-electron chi connectivity index (χ0n) is 8.27. The number of rotatable bonds is 4. The highest BCUT2D eigenvalue weighted by Gasteiger charge is 2.01. The molecular weight excluding hydrogens is 192 g/mol. The fourth-order valence-electron chi connectivity index (χ4n) is 1.03. The van der Waals surface area contributed by atoms with Gasteiger partial charge in [-0.05, 0) is 17.7 Å². The van der Waals surface area contributed by atoms with Crippen LogP contribution in [0.5, 0.6) is 0 Å². The van der Waals surface area contributed by atoms with Crippen molar-refractivity contribution in [2.75, 3.05) is 6.54 Å². The molecule has 0 aliphatic rings. The number of esters is 1. The number of ether oxygens (including phenoxy) is 1. The summed E-state index contributed by atoms with van der Waals surface area (Å²) in [6.45, 7) is 0.525. The molecule has 0 aliphatic carbocycles. The zero-order valence-corrected chi connectivity index (χ0v) is 8.27. The molecule has 2 N–H and O–H groups in total. The highest BCUT2D eigenvalue weighted by molar-refractivity contribution is 5.69. The number of nitriles is 1. The number of nitrogens with two attached hydrogens (primary N) is 1. The maximum absolute atomic E-state index is 11.0. The molecule has 0 unspecified atom stereocenters. The lowest BCUT2D eigenvalue weighted by Crippen LogP contribution is -2.10. The van der Waals surface area contributed by atoms with E-state index in [0.29, 0.717) is 12.1 Å². The van der Waals surface area contributed by atoms with Gasteiger partial charge in [-0.2, -0.15) is 5.26 Å². The number of hydrogen-bond donors (Lipinski definition) is 1. The molecule has 0 spiro atoms. The maximum atomic E-state index is 11.0. The average Bonchev–Trinajstić information content (AvgIpc) is 2.27. The van der Waals surface area contributed by atoms with Gasteiger partial charge in [-0.3, -0.25) is 4.79 Å². The van der Waals surface area contributed by atoms with Crippen molar-refractivity contribution >= 4 is 5.97 Å². The van der Waals surface area contributed by atoms with Crippen molar-refractivity contribution in [3.63, 3.8) is 0 Å². The van der Waals surface area contributed by atoms with Gasteiger partial charge in [0.25, 0.3) is 0 Å². The highest BCUT2D eigenvalue weighted by atomic mass is 16.5. The van der Waals surface area contributed by atoms with Crippen LogP contribution in [0.3, 0.4) is 0 Å². The third kappa shape index (κ3) is 3.79. The first kappa shape index (κ1) is 11.2. The van der Waals surface area contributed by atoms with Gasteiger partial charge in [0.2, 0.25) is 0 Å². The minimum atomic E-state index is -0.304. The van der Waals surface area contributed by atoms with E-state index in [-0.39, 0.29) is 19.0 Å². The van der Waals surface area contributed by atoms with Gasteiger partial charge in [0.15, 0.2) is 0 Å². The zero-order chi connectivity index (χ0) is 11.1. The Bertz CT molecular complexity index is 365. The van der Waals surface area contributed by atoms with Crippen LogP contribution in [0.2, 0.25) is 0 Å². The molecule has 4 heteroatoms. The summed E-state index contributed by atoms with van der Waals surface area (Å²) in [5.41, 5.74) is 6.65. The summed E-state index contributed by atoms with van der Waals surface area (Å²) in [5, 5.41) is 8.57. The van der Waals surface area contributed by atoms with Crippen LogP contribution in [-0.2, 0) is 16.1 Å². The molecule has 0 bridgehead atoms. The Morgan fingerprint density at radius 1 is 1.40 bits per heavy atom. The van der Waals surface area contributed by atoms with Crippen molar-refractivity contribution in [3.8, 4) is 6.07 Å². The summed E-state index contributed by atoms with van der Waals surface area (Å²) in [6.07, 6.45) is 0.232. The predicted octanol–water partition coefficient (Wildman–Crippen LogP) is 0.950. The Morgan fingerprint density at radius 2 is 2.07 bits per heavy atom.